The quantitative estimate of drug-likeness (QED) is 0.752. The number of anilines is 1. The lowest BCUT2D eigenvalue weighted by atomic mass is 9.82. The lowest BCUT2D eigenvalue weighted by Crippen LogP contribution is -2.27. The summed E-state index contributed by atoms with van der Waals surface area (Å²) in [5.41, 5.74) is 2.96. The van der Waals surface area contributed by atoms with Crippen molar-refractivity contribution in [2.75, 3.05) is 5.32 Å². The normalized spacial score (nSPS) is 40.1. The number of nitrogens with one attached hydrogen (secondary N) is 1. The Hall–Kier alpha value is -0.500. The fraction of sp³-hybridized carbons (Fsp3) is 0.538. The molecule has 0 radical (unpaired) electrons. The summed E-state index contributed by atoms with van der Waals surface area (Å²) in [5.74, 6) is 2.73. The van der Waals surface area contributed by atoms with E-state index in [-0.39, 0.29) is 0 Å². The molecule has 15 heavy (non-hydrogen) atoms. The van der Waals surface area contributed by atoms with Crippen LogP contribution >= 0.6 is 15.9 Å². The van der Waals surface area contributed by atoms with Crippen molar-refractivity contribution >= 4 is 21.6 Å². The maximum Gasteiger partial charge on any atom is 0.0379 e. The third-order valence-electron chi connectivity index (χ3n) is 4.61. The summed E-state index contributed by atoms with van der Waals surface area (Å²) < 4.78 is 1.23. The number of benzene rings is 1. The van der Waals surface area contributed by atoms with Gasteiger partial charge in [-0.15, -0.1) is 0 Å². The first kappa shape index (κ1) is 8.63. The van der Waals surface area contributed by atoms with Crippen molar-refractivity contribution < 1.29 is 0 Å². The Morgan fingerprint density at radius 2 is 2.07 bits per heavy atom. The topological polar surface area (TPSA) is 12.0 Å². The fourth-order valence-electron chi connectivity index (χ4n) is 4.07. The van der Waals surface area contributed by atoms with Gasteiger partial charge >= 0.3 is 0 Å². The minimum Gasteiger partial charge on any atom is -0.381 e. The van der Waals surface area contributed by atoms with Gasteiger partial charge in [-0.1, -0.05) is 15.9 Å². The van der Waals surface area contributed by atoms with Crippen LogP contribution in [0.15, 0.2) is 22.7 Å². The molecular weight excluding hydrogens is 250 g/mol. The van der Waals surface area contributed by atoms with Gasteiger partial charge in [0, 0.05) is 22.1 Å². The highest BCUT2D eigenvalue weighted by atomic mass is 79.9. The van der Waals surface area contributed by atoms with Crippen molar-refractivity contribution in [3.63, 3.8) is 0 Å². The van der Waals surface area contributed by atoms with Crippen molar-refractivity contribution in [3.05, 3.63) is 28.2 Å². The molecule has 1 aromatic carbocycles. The molecule has 0 saturated heterocycles. The molecule has 2 aliphatic carbocycles. The standard InChI is InChI=1S/C13H14BrN/c14-9-3-4-11-10(6-9)12-7-1-2-8(5-7)13(12)15-11/h3-4,6-8,12-13,15H,1-2,5H2. The molecule has 3 aliphatic rings. The van der Waals surface area contributed by atoms with Gasteiger partial charge in [-0.3, -0.25) is 0 Å². The monoisotopic (exact) mass is 263 g/mol. The molecule has 1 heterocycles. The first-order chi connectivity index (χ1) is 7.33. The van der Waals surface area contributed by atoms with Gasteiger partial charge in [0.25, 0.3) is 0 Å². The molecule has 2 heteroatoms. The Labute approximate surface area is 98.4 Å². The average molecular weight is 264 g/mol. The predicted octanol–water partition coefficient (Wildman–Crippen LogP) is 3.76. The zero-order valence-electron chi connectivity index (χ0n) is 8.54. The molecule has 4 rings (SSSR count). The maximum atomic E-state index is 3.73. The number of hydrogen-bond acceptors (Lipinski definition) is 1. The van der Waals surface area contributed by atoms with Crippen LogP contribution in [0.25, 0.3) is 0 Å². The largest absolute Gasteiger partial charge is 0.381 e. The van der Waals surface area contributed by atoms with Crippen LogP contribution in [0, 0.1) is 11.8 Å². The highest BCUT2D eigenvalue weighted by molar-refractivity contribution is 9.10. The Morgan fingerprint density at radius 1 is 1.20 bits per heavy atom. The predicted molar refractivity (Wildman–Crippen MR) is 65.1 cm³/mol. The third-order valence-corrected chi connectivity index (χ3v) is 5.10. The molecule has 0 amide bonds. The van der Waals surface area contributed by atoms with E-state index >= 15 is 0 Å². The molecule has 0 spiro atoms. The maximum absolute atomic E-state index is 3.73. The summed E-state index contributed by atoms with van der Waals surface area (Å²) in [6.45, 7) is 0. The van der Waals surface area contributed by atoms with E-state index in [2.05, 4.69) is 39.4 Å². The van der Waals surface area contributed by atoms with Crippen LogP contribution in [0.4, 0.5) is 5.69 Å². The molecule has 2 saturated carbocycles. The second-order valence-electron chi connectivity index (χ2n) is 5.26. The van der Waals surface area contributed by atoms with Crippen molar-refractivity contribution in [3.8, 4) is 0 Å². The highest BCUT2D eigenvalue weighted by Crippen LogP contribution is 2.58. The van der Waals surface area contributed by atoms with Gasteiger partial charge in [0.1, 0.15) is 0 Å². The van der Waals surface area contributed by atoms with E-state index in [4.69, 9.17) is 0 Å². The molecule has 4 atom stereocenters. The van der Waals surface area contributed by atoms with Crippen molar-refractivity contribution in [2.24, 2.45) is 11.8 Å². The Balaban J connectivity index is 1.85. The highest BCUT2D eigenvalue weighted by Gasteiger charge is 2.51. The van der Waals surface area contributed by atoms with Gasteiger partial charge < -0.3 is 5.32 Å². The van der Waals surface area contributed by atoms with Crippen LogP contribution in [-0.2, 0) is 0 Å². The second kappa shape index (κ2) is 2.79. The van der Waals surface area contributed by atoms with E-state index in [0.717, 1.165) is 23.8 Å². The first-order valence-corrected chi connectivity index (χ1v) is 6.68. The summed E-state index contributed by atoms with van der Waals surface area (Å²) in [6, 6.07) is 7.47. The summed E-state index contributed by atoms with van der Waals surface area (Å²) in [6.07, 6.45) is 4.38. The fourth-order valence-corrected chi connectivity index (χ4v) is 4.45. The van der Waals surface area contributed by atoms with Crippen LogP contribution in [0.1, 0.15) is 30.7 Å². The Bertz CT molecular complexity index is 429. The van der Waals surface area contributed by atoms with Crippen LogP contribution in [-0.4, -0.2) is 6.04 Å². The molecule has 1 nitrogen and oxygen atoms in total. The van der Waals surface area contributed by atoms with Gasteiger partial charge in [-0.25, -0.2) is 0 Å². The average Bonchev–Trinajstić information content (AvgIpc) is 2.85. The van der Waals surface area contributed by atoms with E-state index in [0.29, 0.717) is 0 Å². The van der Waals surface area contributed by atoms with Gasteiger partial charge in [0.15, 0.2) is 0 Å². The van der Waals surface area contributed by atoms with E-state index in [1.165, 1.54) is 29.4 Å². The molecule has 0 aromatic heterocycles. The number of fused-ring (bicyclic) bond motifs is 7. The first-order valence-electron chi connectivity index (χ1n) is 5.89. The number of halogens is 1. The van der Waals surface area contributed by atoms with Crippen LogP contribution in [0.3, 0.4) is 0 Å². The Kier molecular flexibility index (Phi) is 1.60. The second-order valence-corrected chi connectivity index (χ2v) is 6.18. The molecule has 1 aliphatic heterocycles. The van der Waals surface area contributed by atoms with Crippen LogP contribution in [0.5, 0.6) is 0 Å². The molecule has 2 bridgehead atoms. The summed E-state index contributed by atoms with van der Waals surface area (Å²) >= 11 is 3.59. The van der Waals surface area contributed by atoms with Gasteiger partial charge in [0.2, 0.25) is 0 Å². The zero-order valence-corrected chi connectivity index (χ0v) is 10.1. The van der Waals surface area contributed by atoms with E-state index in [9.17, 15) is 0 Å². The molecule has 78 valence electrons. The molecule has 1 aromatic rings. The summed E-state index contributed by atoms with van der Waals surface area (Å²) in [5, 5.41) is 3.73. The van der Waals surface area contributed by atoms with E-state index < -0.39 is 0 Å². The SMILES string of the molecule is Brc1ccc2c(c1)C1C3CCC(C3)C1N2. The molecule has 2 fully saturated rings. The molecule has 4 unspecified atom stereocenters. The van der Waals surface area contributed by atoms with Gasteiger partial charge in [-0.05, 0) is 54.9 Å². The van der Waals surface area contributed by atoms with Crippen molar-refractivity contribution in [2.45, 2.75) is 31.2 Å². The zero-order chi connectivity index (χ0) is 9.99. The lowest BCUT2D eigenvalue weighted by Gasteiger charge is -2.24. The van der Waals surface area contributed by atoms with E-state index in [1.807, 2.05) is 0 Å². The number of hydrogen-bond donors (Lipinski definition) is 1. The molecular formula is C13H14BrN. The van der Waals surface area contributed by atoms with Crippen LogP contribution < -0.4 is 5.32 Å². The van der Waals surface area contributed by atoms with Gasteiger partial charge in [0.05, 0.1) is 0 Å². The minimum absolute atomic E-state index is 0.757. The lowest BCUT2D eigenvalue weighted by molar-refractivity contribution is 0.401. The smallest absolute Gasteiger partial charge is 0.0379 e. The third kappa shape index (κ3) is 1.04. The van der Waals surface area contributed by atoms with Crippen LogP contribution in [0.2, 0.25) is 0 Å². The van der Waals surface area contributed by atoms with Gasteiger partial charge in [-0.2, -0.15) is 0 Å². The number of rotatable bonds is 0. The van der Waals surface area contributed by atoms with Crippen molar-refractivity contribution in [1.29, 1.82) is 0 Å². The Morgan fingerprint density at radius 3 is 3.00 bits per heavy atom. The minimum atomic E-state index is 0.757. The summed E-state index contributed by atoms with van der Waals surface area (Å²) in [7, 11) is 0. The molecule has 1 N–H and O–H groups in total. The van der Waals surface area contributed by atoms with E-state index in [1.54, 1.807) is 5.56 Å². The summed E-state index contributed by atoms with van der Waals surface area (Å²) in [4.78, 5) is 0. The van der Waals surface area contributed by atoms with Crippen molar-refractivity contribution in [1.82, 2.24) is 0 Å².